The minimum absolute atomic E-state index is 0.0451. The van der Waals surface area contributed by atoms with Crippen molar-refractivity contribution in [2.45, 2.75) is 5.75 Å². The van der Waals surface area contributed by atoms with Crippen LogP contribution in [0, 0.1) is 0 Å². The smallest absolute Gasteiger partial charge is 0.283 e. The van der Waals surface area contributed by atoms with Crippen molar-refractivity contribution in [3.63, 3.8) is 0 Å². The van der Waals surface area contributed by atoms with Crippen LogP contribution in [0.3, 0.4) is 0 Å². The number of hydrogen-bond acceptors (Lipinski definition) is 2. The number of para-hydroxylation sites is 1. The van der Waals surface area contributed by atoms with Crippen molar-refractivity contribution in [3.8, 4) is 0 Å². The molecule has 1 aromatic rings. The van der Waals surface area contributed by atoms with E-state index in [1.54, 1.807) is 0 Å². The monoisotopic (exact) mass is 165 g/mol. The maximum atomic E-state index is 10.9. The number of thioether (sulfide) groups is 1. The second-order valence-electron chi connectivity index (χ2n) is 2.36. The third-order valence-electron chi connectivity index (χ3n) is 1.61. The highest BCUT2D eigenvalue weighted by atomic mass is 32.2. The maximum absolute atomic E-state index is 10.9. The number of nitrogens with one attached hydrogen (secondary N) is 1. The van der Waals surface area contributed by atoms with Crippen molar-refractivity contribution in [3.05, 3.63) is 29.8 Å². The average Bonchev–Trinajstić information content (AvgIpc) is 2.04. The molecule has 2 nitrogen and oxygen atoms in total. The Morgan fingerprint density at radius 1 is 1.36 bits per heavy atom. The summed E-state index contributed by atoms with van der Waals surface area (Å²) in [6.45, 7) is 0. The third kappa shape index (κ3) is 1.24. The molecule has 1 aliphatic rings. The van der Waals surface area contributed by atoms with Crippen LogP contribution in [0.2, 0.25) is 0 Å². The molecule has 1 heterocycles. The van der Waals surface area contributed by atoms with E-state index in [4.69, 9.17) is 0 Å². The summed E-state index contributed by atoms with van der Waals surface area (Å²) in [7, 11) is 0. The second-order valence-corrected chi connectivity index (χ2v) is 3.31. The number of anilines is 1. The molecule has 0 atom stereocenters. The fourth-order valence-electron chi connectivity index (χ4n) is 1.06. The van der Waals surface area contributed by atoms with E-state index in [-0.39, 0.29) is 5.24 Å². The summed E-state index contributed by atoms with van der Waals surface area (Å²) in [5.74, 6) is 0.794. The van der Waals surface area contributed by atoms with E-state index < -0.39 is 0 Å². The molecule has 2 rings (SSSR count). The lowest BCUT2D eigenvalue weighted by Crippen LogP contribution is -2.11. The van der Waals surface area contributed by atoms with Gasteiger partial charge in [0.05, 0.1) is 0 Å². The lowest BCUT2D eigenvalue weighted by atomic mass is 10.2. The first kappa shape index (κ1) is 6.73. The zero-order chi connectivity index (χ0) is 7.68. The fraction of sp³-hybridized carbons (Fsp3) is 0.125. The zero-order valence-electron chi connectivity index (χ0n) is 5.83. The molecule has 0 unspecified atom stereocenters. The molecule has 0 fully saturated rings. The van der Waals surface area contributed by atoms with E-state index in [0.717, 1.165) is 11.4 Å². The summed E-state index contributed by atoms with van der Waals surface area (Å²) in [5, 5.41) is 2.83. The van der Waals surface area contributed by atoms with Crippen molar-refractivity contribution in [2.24, 2.45) is 0 Å². The van der Waals surface area contributed by atoms with Gasteiger partial charge in [-0.25, -0.2) is 0 Å². The Balaban J connectivity index is 2.41. The standard InChI is InChI=1S/C8H7NOS/c10-8-9-7-4-2-1-3-6(7)5-11-8/h1-4H,5H2,(H,9,10). The number of amides is 1. The van der Waals surface area contributed by atoms with Gasteiger partial charge in [-0.15, -0.1) is 0 Å². The average molecular weight is 165 g/mol. The highest BCUT2D eigenvalue weighted by Gasteiger charge is 2.13. The highest BCUT2D eigenvalue weighted by Crippen LogP contribution is 2.27. The molecule has 0 aliphatic carbocycles. The van der Waals surface area contributed by atoms with Crippen LogP contribution in [-0.2, 0) is 5.75 Å². The Morgan fingerprint density at radius 2 is 2.18 bits per heavy atom. The number of rotatable bonds is 0. The number of fused-ring (bicyclic) bond motifs is 1. The van der Waals surface area contributed by atoms with Crippen molar-refractivity contribution < 1.29 is 4.79 Å². The Hall–Kier alpha value is -0.960. The van der Waals surface area contributed by atoms with Gasteiger partial charge in [0.25, 0.3) is 5.24 Å². The van der Waals surface area contributed by atoms with Gasteiger partial charge in [0.2, 0.25) is 0 Å². The first-order valence-corrected chi connectivity index (χ1v) is 4.36. The van der Waals surface area contributed by atoms with Gasteiger partial charge >= 0.3 is 0 Å². The zero-order valence-corrected chi connectivity index (χ0v) is 6.65. The van der Waals surface area contributed by atoms with Crippen LogP contribution in [0.25, 0.3) is 0 Å². The molecule has 1 N–H and O–H groups in total. The van der Waals surface area contributed by atoms with E-state index in [2.05, 4.69) is 5.32 Å². The van der Waals surface area contributed by atoms with Crippen LogP contribution in [0.15, 0.2) is 24.3 Å². The van der Waals surface area contributed by atoms with Crippen LogP contribution in [-0.4, -0.2) is 5.24 Å². The van der Waals surface area contributed by atoms with Gasteiger partial charge in [-0.3, -0.25) is 4.79 Å². The van der Waals surface area contributed by atoms with E-state index in [1.807, 2.05) is 24.3 Å². The molecule has 0 aromatic heterocycles. The van der Waals surface area contributed by atoms with Crippen molar-refractivity contribution >= 4 is 22.7 Å². The highest BCUT2D eigenvalue weighted by molar-refractivity contribution is 8.13. The Kier molecular flexibility index (Phi) is 1.58. The van der Waals surface area contributed by atoms with E-state index in [1.165, 1.54) is 17.3 Å². The van der Waals surface area contributed by atoms with Gasteiger partial charge in [0.15, 0.2) is 0 Å². The molecule has 0 spiro atoms. The maximum Gasteiger partial charge on any atom is 0.283 e. The molecule has 1 aliphatic heterocycles. The molecule has 0 saturated heterocycles. The van der Waals surface area contributed by atoms with Crippen LogP contribution in [0.4, 0.5) is 10.5 Å². The molecule has 0 radical (unpaired) electrons. The first-order chi connectivity index (χ1) is 5.36. The minimum atomic E-state index is 0.0451. The van der Waals surface area contributed by atoms with Gasteiger partial charge < -0.3 is 5.32 Å². The quantitative estimate of drug-likeness (QED) is 0.639. The molecule has 11 heavy (non-hydrogen) atoms. The van der Waals surface area contributed by atoms with Gasteiger partial charge in [0, 0.05) is 11.4 Å². The molecule has 1 aromatic carbocycles. The first-order valence-electron chi connectivity index (χ1n) is 3.38. The van der Waals surface area contributed by atoms with E-state index in [0.29, 0.717) is 0 Å². The van der Waals surface area contributed by atoms with E-state index in [9.17, 15) is 4.79 Å². The molecular formula is C8H7NOS. The summed E-state index contributed by atoms with van der Waals surface area (Å²) >= 11 is 1.31. The topological polar surface area (TPSA) is 29.1 Å². The molecule has 56 valence electrons. The Bertz CT molecular complexity index is 298. The number of carbonyl (C=O) groups excluding carboxylic acids is 1. The van der Waals surface area contributed by atoms with Crippen LogP contribution >= 0.6 is 11.8 Å². The van der Waals surface area contributed by atoms with Crippen molar-refractivity contribution in [2.75, 3.05) is 5.32 Å². The fourth-order valence-corrected chi connectivity index (χ4v) is 1.78. The Morgan fingerprint density at radius 3 is 3.09 bits per heavy atom. The predicted octanol–water partition coefficient (Wildman–Crippen LogP) is 2.47. The summed E-state index contributed by atoms with van der Waals surface area (Å²) in [6, 6.07) is 7.86. The summed E-state index contributed by atoms with van der Waals surface area (Å²) in [6.07, 6.45) is 0. The number of benzene rings is 1. The van der Waals surface area contributed by atoms with Crippen molar-refractivity contribution in [1.82, 2.24) is 0 Å². The van der Waals surface area contributed by atoms with Crippen LogP contribution < -0.4 is 5.32 Å². The Labute approximate surface area is 69.0 Å². The molecule has 1 amide bonds. The number of hydrogen-bond donors (Lipinski definition) is 1. The summed E-state index contributed by atoms with van der Waals surface area (Å²) < 4.78 is 0. The molecule has 0 saturated carbocycles. The summed E-state index contributed by atoms with van der Waals surface area (Å²) in [4.78, 5) is 10.9. The van der Waals surface area contributed by atoms with Gasteiger partial charge in [-0.1, -0.05) is 30.0 Å². The predicted molar refractivity (Wildman–Crippen MR) is 46.8 cm³/mol. The van der Waals surface area contributed by atoms with Crippen LogP contribution in [0.1, 0.15) is 5.56 Å². The minimum Gasteiger partial charge on any atom is -0.317 e. The lowest BCUT2D eigenvalue weighted by molar-refractivity contribution is 0.269. The van der Waals surface area contributed by atoms with Crippen molar-refractivity contribution in [1.29, 1.82) is 0 Å². The van der Waals surface area contributed by atoms with Gasteiger partial charge in [0.1, 0.15) is 0 Å². The normalized spacial score (nSPS) is 15.5. The van der Waals surface area contributed by atoms with E-state index >= 15 is 0 Å². The third-order valence-corrected chi connectivity index (χ3v) is 2.43. The largest absolute Gasteiger partial charge is 0.317 e. The second kappa shape index (κ2) is 2.58. The van der Waals surface area contributed by atoms with Gasteiger partial charge in [-0.2, -0.15) is 0 Å². The number of carbonyl (C=O) groups is 1. The summed E-state index contributed by atoms with van der Waals surface area (Å²) in [5.41, 5.74) is 2.16. The molecular weight excluding hydrogens is 158 g/mol. The SMILES string of the molecule is O=C1Nc2ccccc2CS1. The van der Waals surface area contributed by atoms with Crippen LogP contribution in [0.5, 0.6) is 0 Å². The lowest BCUT2D eigenvalue weighted by Gasteiger charge is -2.14. The van der Waals surface area contributed by atoms with Gasteiger partial charge in [-0.05, 0) is 11.6 Å². The molecule has 3 heteroatoms. The molecule has 0 bridgehead atoms.